The molecule has 2 aromatic rings. The van der Waals surface area contributed by atoms with Crippen LogP contribution >= 0.6 is 11.6 Å². The van der Waals surface area contributed by atoms with E-state index in [0.717, 1.165) is 36.5 Å². The number of likely N-dealkylation sites (tertiary alicyclic amines) is 1. The van der Waals surface area contributed by atoms with Gasteiger partial charge in [-0.05, 0) is 43.5 Å². The fourth-order valence-corrected chi connectivity index (χ4v) is 4.24. The third kappa shape index (κ3) is 3.92. The molecule has 1 aromatic heterocycles. The molecular weight excluding hydrogens is 362 g/mol. The van der Waals surface area contributed by atoms with Crippen LogP contribution in [0.15, 0.2) is 36.5 Å². The van der Waals surface area contributed by atoms with Crippen LogP contribution in [0.3, 0.4) is 0 Å². The maximum absolute atomic E-state index is 12.9. The summed E-state index contributed by atoms with van der Waals surface area (Å²) in [6.07, 6.45) is 3.54. The smallest absolute Gasteiger partial charge is 0.226 e. The fraction of sp³-hybridized carbons (Fsp3) is 0.450. The molecule has 142 valence electrons. The van der Waals surface area contributed by atoms with Crippen molar-refractivity contribution in [2.75, 3.05) is 25.9 Å². The minimum absolute atomic E-state index is 0.0752. The van der Waals surface area contributed by atoms with E-state index >= 15 is 0 Å². The Balaban J connectivity index is 1.33. The van der Waals surface area contributed by atoms with Crippen LogP contribution in [0.1, 0.15) is 30.1 Å². The zero-order valence-corrected chi connectivity index (χ0v) is 16.1. The van der Waals surface area contributed by atoms with Crippen LogP contribution in [0.4, 0.5) is 5.82 Å². The largest absolute Gasteiger partial charge is 0.384 e. The molecule has 7 heteroatoms. The Labute approximate surface area is 164 Å². The topological polar surface area (TPSA) is 75.4 Å². The Morgan fingerprint density at radius 2 is 2.19 bits per heavy atom. The molecule has 3 atom stereocenters. The minimum atomic E-state index is 0.0752. The first-order chi connectivity index (χ1) is 13.0. The Bertz CT molecular complexity index is 845. The van der Waals surface area contributed by atoms with Crippen LogP contribution in [-0.4, -0.2) is 51.9 Å². The second-order valence-corrected chi connectivity index (χ2v) is 7.92. The fourth-order valence-electron chi connectivity index (χ4n) is 3.97. The third-order valence-corrected chi connectivity index (χ3v) is 5.97. The number of aromatic nitrogens is 2. The molecule has 4 rings (SSSR count). The summed E-state index contributed by atoms with van der Waals surface area (Å²) < 4.78 is 0. The van der Waals surface area contributed by atoms with Gasteiger partial charge in [-0.25, -0.2) is 9.97 Å². The molecule has 1 saturated carbocycles. The summed E-state index contributed by atoms with van der Waals surface area (Å²) in [6, 6.07) is 9.85. The van der Waals surface area contributed by atoms with E-state index in [4.69, 9.17) is 17.3 Å². The minimum Gasteiger partial charge on any atom is -0.384 e. The van der Waals surface area contributed by atoms with Gasteiger partial charge in [-0.3, -0.25) is 9.69 Å². The summed E-state index contributed by atoms with van der Waals surface area (Å²) in [5.41, 5.74) is 6.83. The maximum atomic E-state index is 12.9. The lowest BCUT2D eigenvalue weighted by molar-refractivity contribution is -0.131. The molecule has 27 heavy (non-hydrogen) atoms. The first-order valence-corrected chi connectivity index (χ1v) is 9.71. The van der Waals surface area contributed by atoms with Crippen LogP contribution < -0.4 is 5.73 Å². The zero-order valence-electron chi connectivity index (χ0n) is 15.4. The number of amides is 1. The molecule has 0 bridgehead atoms. The first kappa shape index (κ1) is 18.2. The molecule has 0 radical (unpaired) electrons. The summed E-state index contributed by atoms with van der Waals surface area (Å²) in [6.45, 7) is 2.18. The number of rotatable bonds is 5. The van der Waals surface area contributed by atoms with Crippen molar-refractivity contribution < 1.29 is 4.79 Å². The van der Waals surface area contributed by atoms with E-state index in [2.05, 4.69) is 21.9 Å². The van der Waals surface area contributed by atoms with Crippen LogP contribution in [0.5, 0.6) is 0 Å². The van der Waals surface area contributed by atoms with Crippen molar-refractivity contribution in [2.45, 2.75) is 31.3 Å². The number of hydrogen-bond acceptors (Lipinski definition) is 5. The van der Waals surface area contributed by atoms with Gasteiger partial charge < -0.3 is 10.6 Å². The van der Waals surface area contributed by atoms with Crippen molar-refractivity contribution in [1.29, 1.82) is 0 Å². The summed E-state index contributed by atoms with van der Waals surface area (Å²) in [5.74, 6) is 1.80. The average molecular weight is 386 g/mol. The number of carbonyl (C=O) groups excluding carboxylic acids is 1. The van der Waals surface area contributed by atoms with Gasteiger partial charge in [0, 0.05) is 36.3 Å². The molecule has 1 amide bonds. The first-order valence-electron chi connectivity index (χ1n) is 9.34. The Kier molecular flexibility index (Phi) is 5.02. The van der Waals surface area contributed by atoms with Crippen molar-refractivity contribution in [3.63, 3.8) is 0 Å². The van der Waals surface area contributed by atoms with E-state index < -0.39 is 0 Å². The van der Waals surface area contributed by atoms with Gasteiger partial charge in [0.15, 0.2) is 0 Å². The summed E-state index contributed by atoms with van der Waals surface area (Å²) in [7, 11) is 2.05. The highest BCUT2D eigenvalue weighted by molar-refractivity contribution is 6.31. The number of hydrogen-bond donors (Lipinski definition) is 1. The van der Waals surface area contributed by atoms with E-state index in [0.29, 0.717) is 24.2 Å². The average Bonchev–Trinajstić information content (AvgIpc) is 3.28. The van der Waals surface area contributed by atoms with Crippen LogP contribution in [0.25, 0.3) is 0 Å². The van der Waals surface area contributed by atoms with Crippen molar-refractivity contribution >= 4 is 23.3 Å². The molecule has 1 saturated heterocycles. The third-order valence-electron chi connectivity index (χ3n) is 5.63. The highest BCUT2D eigenvalue weighted by Crippen LogP contribution is 2.50. The molecule has 1 aliphatic carbocycles. The molecule has 0 spiro atoms. The molecule has 0 unspecified atom stereocenters. The zero-order chi connectivity index (χ0) is 19.0. The Morgan fingerprint density at radius 1 is 1.37 bits per heavy atom. The highest BCUT2D eigenvalue weighted by Gasteiger charge is 2.47. The second-order valence-electron chi connectivity index (χ2n) is 7.51. The SMILES string of the molecule is CN(Cc1nccc(N)n1)[C@@H]1CCN(C(=O)[C@@H]2C[C@H]2c2ccccc2Cl)C1. The number of anilines is 1. The van der Waals surface area contributed by atoms with Gasteiger partial charge in [0.25, 0.3) is 0 Å². The standard InChI is InChI=1S/C20H24ClN5O/c1-25(12-19-23-8-6-18(22)24-19)13-7-9-26(11-13)20(27)16-10-15(16)14-4-2-3-5-17(14)21/h2-6,8,13,15-16H,7,9-12H2,1H3,(H2,22,23,24)/t13-,15+,16-/m1/s1. The number of halogens is 1. The lowest BCUT2D eigenvalue weighted by atomic mass is 10.1. The van der Waals surface area contributed by atoms with Gasteiger partial charge in [0.05, 0.1) is 6.54 Å². The predicted octanol–water partition coefficient (Wildman–Crippen LogP) is 2.55. The number of nitrogens with zero attached hydrogens (tertiary/aromatic N) is 4. The van der Waals surface area contributed by atoms with Gasteiger partial charge in [-0.2, -0.15) is 0 Å². The lowest BCUT2D eigenvalue weighted by Gasteiger charge is -2.24. The molecular formula is C20H24ClN5O. The van der Waals surface area contributed by atoms with Crippen LogP contribution in [0, 0.1) is 5.92 Å². The molecule has 2 heterocycles. The number of likely N-dealkylation sites (N-methyl/N-ethyl adjacent to an activating group) is 1. The van der Waals surface area contributed by atoms with Gasteiger partial charge >= 0.3 is 0 Å². The maximum Gasteiger partial charge on any atom is 0.226 e. The van der Waals surface area contributed by atoms with Gasteiger partial charge in [-0.1, -0.05) is 29.8 Å². The molecule has 1 aromatic carbocycles. The van der Waals surface area contributed by atoms with Gasteiger partial charge in [0.1, 0.15) is 11.6 Å². The van der Waals surface area contributed by atoms with E-state index in [-0.39, 0.29) is 17.7 Å². The van der Waals surface area contributed by atoms with Crippen molar-refractivity contribution in [3.8, 4) is 0 Å². The monoisotopic (exact) mass is 385 g/mol. The Hall–Kier alpha value is -2.18. The molecule has 6 nitrogen and oxygen atoms in total. The van der Waals surface area contributed by atoms with Crippen LogP contribution in [-0.2, 0) is 11.3 Å². The Morgan fingerprint density at radius 3 is 2.96 bits per heavy atom. The quantitative estimate of drug-likeness (QED) is 0.856. The summed E-state index contributed by atoms with van der Waals surface area (Å²) in [4.78, 5) is 25.6. The molecule has 1 aliphatic heterocycles. The number of carbonyl (C=O) groups is 1. The normalized spacial score (nSPS) is 24.4. The number of nitrogens with two attached hydrogens (primary N) is 1. The number of nitrogen functional groups attached to an aromatic ring is 1. The van der Waals surface area contributed by atoms with Crippen molar-refractivity contribution in [2.24, 2.45) is 5.92 Å². The summed E-state index contributed by atoms with van der Waals surface area (Å²) >= 11 is 6.29. The van der Waals surface area contributed by atoms with E-state index in [1.807, 2.05) is 29.2 Å². The van der Waals surface area contributed by atoms with Crippen molar-refractivity contribution in [3.05, 3.63) is 52.9 Å². The van der Waals surface area contributed by atoms with Crippen molar-refractivity contribution in [1.82, 2.24) is 19.8 Å². The van der Waals surface area contributed by atoms with Crippen LogP contribution in [0.2, 0.25) is 5.02 Å². The van der Waals surface area contributed by atoms with E-state index in [1.54, 1.807) is 12.3 Å². The van der Waals surface area contributed by atoms with Gasteiger partial charge in [0.2, 0.25) is 5.91 Å². The second kappa shape index (κ2) is 7.44. The summed E-state index contributed by atoms with van der Waals surface area (Å²) in [5, 5.41) is 0.763. The van der Waals surface area contributed by atoms with E-state index in [1.165, 1.54) is 0 Å². The highest BCUT2D eigenvalue weighted by atomic mass is 35.5. The van der Waals surface area contributed by atoms with E-state index in [9.17, 15) is 4.79 Å². The predicted molar refractivity (Wildman–Crippen MR) is 105 cm³/mol. The molecule has 2 fully saturated rings. The molecule has 2 aliphatic rings. The van der Waals surface area contributed by atoms with Gasteiger partial charge in [-0.15, -0.1) is 0 Å². The molecule has 2 N–H and O–H groups in total. The number of benzene rings is 1. The lowest BCUT2D eigenvalue weighted by Crippen LogP contribution is -2.37.